The van der Waals surface area contributed by atoms with Crippen LogP contribution in [-0.2, 0) is 19.1 Å². The highest BCUT2D eigenvalue weighted by Crippen LogP contribution is 2.38. The summed E-state index contributed by atoms with van der Waals surface area (Å²) in [5.74, 6) is -0.395. The quantitative estimate of drug-likeness (QED) is 0.606. The Kier molecular flexibility index (Phi) is 6.04. The second-order valence-corrected chi connectivity index (χ2v) is 7.31. The molecular weight excluding hydrogens is 310 g/mol. The van der Waals surface area contributed by atoms with Crippen LogP contribution in [0, 0.1) is 5.92 Å². The molecule has 6 heteroatoms. The summed E-state index contributed by atoms with van der Waals surface area (Å²) in [5.41, 5.74) is 0.571. The van der Waals surface area contributed by atoms with E-state index in [-0.39, 0.29) is 36.0 Å². The Morgan fingerprint density at radius 2 is 1.88 bits per heavy atom. The second kappa shape index (κ2) is 7.66. The first-order valence-electron chi connectivity index (χ1n) is 8.68. The maximum absolute atomic E-state index is 12.0. The Hall–Kier alpha value is -1.40. The van der Waals surface area contributed by atoms with Crippen molar-refractivity contribution < 1.29 is 24.2 Å². The number of aliphatic hydroxyl groups is 1. The van der Waals surface area contributed by atoms with E-state index in [1.165, 1.54) is 0 Å². The van der Waals surface area contributed by atoms with E-state index in [1.807, 2.05) is 25.8 Å². The standard InChI is InChI=1S/C18H29NO5/c1-6-11(4)18(22)23-12-8-13-16(21)17(14(9-12)19(13)5)24-15(20)7-10(2)3/h6,10,12-14,16-17,21H,7-9H2,1-5H3/b11-6+/t12-,13?,14?,16?,17?/m1/s1. The average molecular weight is 339 g/mol. The van der Waals surface area contributed by atoms with E-state index in [4.69, 9.17) is 9.47 Å². The van der Waals surface area contributed by atoms with Gasteiger partial charge in [-0.1, -0.05) is 19.9 Å². The molecular formula is C18H29NO5. The lowest BCUT2D eigenvalue weighted by Gasteiger charge is -2.36. The molecule has 2 rings (SSSR count). The number of likely N-dealkylation sites (N-methyl/N-ethyl adjacent to an activating group) is 1. The molecule has 6 nitrogen and oxygen atoms in total. The third-order valence-electron chi connectivity index (χ3n) is 5.04. The Morgan fingerprint density at radius 1 is 1.25 bits per heavy atom. The molecule has 0 saturated carbocycles. The highest BCUT2D eigenvalue weighted by molar-refractivity contribution is 5.87. The number of hydrogen-bond acceptors (Lipinski definition) is 6. The van der Waals surface area contributed by atoms with Gasteiger partial charge in [0.15, 0.2) is 0 Å². The van der Waals surface area contributed by atoms with E-state index in [0.717, 1.165) is 0 Å². The summed E-state index contributed by atoms with van der Waals surface area (Å²) in [6.07, 6.45) is 1.60. The highest BCUT2D eigenvalue weighted by Gasteiger charge is 2.53. The minimum atomic E-state index is -0.748. The van der Waals surface area contributed by atoms with Crippen LogP contribution in [0.4, 0.5) is 0 Å². The summed E-state index contributed by atoms with van der Waals surface area (Å²) >= 11 is 0. The maximum atomic E-state index is 12.0. The number of fused-ring (bicyclic) bond motifs is 2. The van der Waals surface area contributed by atoms with Crippen LogP contribution in [-0.4, -0.2) is 59.4 Å². The van der Waals surface area contributed by atoms with E-state index in [0.29, 0.717) is 24.8 Å². The predicted octanol–water partition coefficient (Wildman–Crippen LogP) is 1.66. The first kappa shape index (κ1) is 18.9. The number of nitrogens with zero attached hydrogens (tertiary/aromatic N) is 1. The van der Waals surface area contributed by atoms with Crippen molar-refractivity contribution in [1.29, 1.82) is 0 Å². The zero-order valence-electron chi connectivity index (χ0n) is 15.2. The fourth-order valence-corrected chi connectivity index (χ4v) is 3.55. The molecule has 24 heavy (non-hydrogen) atoms. The highest BCUT2D eigenvalue weighted by atomic mass is 16.6. The van der Waals surface area contributed by atoms with Gasteiger partial charge < -0.3 is 14.6 Å². The van der Waals surface area contributed by atoms with Crippen molar-refractivity contribution in [2.24, 2.45) is 5.92 Å². The van der Waals surface area contributed by atoms with Gasteiger partial charge in [-0.25, -0.2) is 4.79 Å². The number of piperidine rings is 1. The molecule has 2 fully saturated rings. The Morgan fingerprint density at radius 3 is 2.46 bits per heavy atom. The van der Waals surface area contributed by atoms with Crippen molar-refractivity contribution in [1.82, 2.24) is 4.90 Å². The number of hydrogen-bond donors (Lipinski definition) is 1. The molecule has 1 N–H and O–H groups in total. The van der Waals surface area contributed by atoms with Crippen molar-refractivity contribution in [3.8, 4) is 0 Å². The SMILES string of the molecule is C/C=C(\C)C(=O)O[C@@H]1CC2C(O)C(OC(=O)CC(C)C)C(C1)N2C. The lowest BCUT2D eigenvalue weighted by molar-refractivity contribution is -0.156. The summed E-state index contributed by atoms with van der Waals surface area (Å²) in [4.78, 5) is 26.0. The monoisotopic (exact) mass is 339 g/mol. The molecule has 2 aliphatic heterocycles. The van der Waals surface area contributed by atoms with Gasteiger partial charge in [0.1, 0.15) is 18.3 Å². The van der Waals surface area contributed by atoms with Crippen LogP contribution >= 0.6 is 0 Å². The molecule has 0 amide bonds. The Balaban J connectivity index is 2.03. The molecule has 0 aromatic rings. The molecule has 0 aliphatic carbocycles. The molecule has 0 aromatic heterocycles. The molecule has 2 heterocycles. The number of aliphatic hydroxyl groups excluding tert-OH is 1. The van der Waals surface area contributed by atoms with Gasteiger partial charge >= 0.3 is 11.9 Å². The van der Waals surface area contributed by atoms with E-state index in [9.17, 15) is 14.7 Å². The van der Waals surface area contributed by atoms with Gasteiger partial charge in [0, 0.05) is 30.9 Å². The summed E-state index contributed by atoms with van der Waals surface area (Å²) in [5, 5.41) is 10.5. The largest absolute Gasteiger partial charge is 0.459 e. The van der Waals surface area contributed by atoms with Crippen LogP contribution in [0.25, 0.3) is 0 Å². The average Bonchev–Trinajstić information content (AvgIpc) is 2.64. The summed E-state index contributed by atoms with van der Waals surface area (Å²) < 4.78 is 11.1. The number of rotatable bonds is 5. The third kappa shape index (κ3) is 3.98. The lowest BCUT2D eigenvalue weighted by atomic mass is 10.00. The predicted molar refractivity (Wildman–Crippen MR) is 89.2 cm³/mol. The lowest BCUT2D eigenvalue weighted by Crippen LogP contribution is -2.46. The fraction of sp³-hybridized carbons (Fsp3) is 0.778. The molecule has 5 atom stereocenters. The van der Waals surface area contributed by atoms with E-state index >= 15 is 0 Å². The second-order valence-electron chi connectivity index (χ2n) is 7.31. The van der Waals surface area contributed by atoms with Crippen molar-refractivity contribution in [2.45, 2.75) is 77.4 Å². The van der Waals surface area contributed by atoms with Gasteiger partial charge in [-0.15, -0.1) is 0 Å². The normalized spacial score (nSPS) is 33.6. The third-order valence-corrected chi connectivity index (χ3v) is 5.04. The smallest absolute Gasteiger partial charge is 0.333 e. The molecule has 2 bridgehead atoms. The summed E-state index contributed by atoms with van der Waals surface area (Å²) in [6.45, 7) is 7.42. The minimum absolute atomic E-state index is 0.126. The van der Waals surface area contributed by atoms with Gasteiger partial charge in [-0.3, -0.25) is 9.69 Å². The minimum Gasteiger partial charge on any atom is -0.459 e. The summed E-state index contributed by atoms with van der Waals surface area (Å²) in [7, 11) is 1.92. The maximum Gasteiger partial charge on any atom is 0.333 e. The van der Waals surface area contributed by atoms with Crippen LogP contribution in [0.2, 0.25) is 0 Å². The number of carbonyl (C=O) groups excluding carboxylic acids is 2. The molecule has 4 unspecified atom stereocenters. The Labute approximate surface area is 143 Å². The van der Waals surface area contributed by atoms with Crippen LogP contribution in [0.15, 0.2) is 11.6 Å². The molecule has 2 aliphatic rings. The van der Waals surface area contributed by atoms with Gasteiger partial charge in [0.25, 0.3) is 0 Å². The van der Waals surface area contributed by atoms with Crippen molar-refractivity contribution in [3.05, 3.63) is 11.6 Å². The van der Waals surface area contributed by atoms with Gasteiger partial charge in [-0.2, -0.15) is 0 Å². The van der Waals surface area contributed by atoms with Crippen molar-refractivity contribution in [3.63, 3.8) is 0 Å². The van der Waals surface area contributed by atoms with Gasteiger partial charge in [0.2, 0.25) is 0 Å². The van der Waals surface area contributed by atoms with Crippen LogP contribution in [0.1, 0.15) is 47.0 Å². The zero-order valence-corrected chi connectivity index (χ0v) is 15.2. The molecule has 0 radical (unpaired) electrons. The topological polar surface area (TPSA) is 76.1 Å². The number of esters is 2. The summed E-state index contributed by atoms with van der Waals surface area (Å²) in [6, 6.07) is -0.289. The number of carbonyl (C=O) groups is 2. The molecule has 2 saturated heterocycles. The molecule has 0 aromatic carbocycles. The zero-order chi connectivity index (χ0) is 18.0. The van der Waals surface area contributed by atoms with Crippen molar-refractivity contribution >= 4 is 11.9 Å². The van der Waals surface area contributed by atoms with Gasteiger partial charge in [0.05, 0.1) is 6.04 Å². The first-order valence-corrected chi connectivity index (χ1v) is 8.68. The van der Waals surface area contributed by atoms with E-state index in [2.05, 4.69) is 0 Å². The van der Waals surface area contributed by atoms with E-state index < -0.39 is 12.2 Å². The molecule has 0 spiro atoms. The van der Waals surface area contributed by atoms with Crippen LogP contribution in [0.3, 0.4) is 0 Å². The first-order chi connectivity index (χ1) is 11.2. The number of ether oxygens (including phenoxy) is 2. The van der Waals surface area contributed by atoms with Crippen molar-refractivity contribution in [2.75, 3.05) is 7.05 Å². The molecule has 136 valence electrons. The van der Waals surface area contributed by atoms with E-state index in [1.54, 1.807) is 19.9 Å². The number of allylic oxidation sites excluding steroid dienone is 1. The van der Waals surface area contributed by atoms with Crippen LogP contribution < -0.4 is 0 Å². The fourth-order valence-electron chi connectivity index (χ4n) is 3.55. The van der Waals surface area contributed by atoms with Crippen LogP contribution in [0.5, 0.6) is 0 Å². The van der Waals surface area contributed by atoms with Gasteiger partial charge in [-0.05, 0) is 26.8 Å². The Bertz CT molecular complexity index is 516.